The van der Waals surface area contributed by atoms with Gasteiger partial charge in [0.1, 0.15) is 5.82 Å². The highest BCUT2D eigenvalue weighted by atomic mass is 79.9. The maximum absolute atomic E-state index is 13.8. The standard InChI is InChI=1S/C15H9BrClFS/c16-14(15-12(17)7-8-19-15)11-5-6-13(18)10-4-2-1-3-9(10)11/h1-8,14H. The summed E-state index contributed by atoms with van der Waals surface area (Å²) in [5.74, 6) is -0.198. The molecule has 0 amide bonds. The highest BCUT2D eigenvalue weighted by Gasteiger charge is 2.18. The molecule has 0 aliphatic carbocycles. The van der Waals surface area contributed by atoms with Crippen LogP contribution in [0.5, 0.6) is 0 Å². The zero-order valence-electron chi connectivity index (χ0n) is 9.74. The molecule has 0 radical (unpaired) electrons. The van der Waals surface area contributed by atoms with Crippen molar-refractivity contribution < 1.29 is 4.39 Å². The summed E-state index contributed by atoms with van der Waals surface area (Å²) in [7, 11) is 0. The summed E-state index contributed by atoms with van der Waals surface area (Å²) < 4.78 is 13.8. The molecule has 0 bridgehead atoms. The van der Waals surface area contributed by atoms with Crippen LogP contribution < -0.4 is 0 Å². The first-order valence-electron chi connectivity index (χ1n) is 5.72. The van der Waals surface area contributed by atoms with E-state index in [1.807, 2.05) is 35.7 Å². The Morgan fingerprint density at radius 3 is 2.47 bits per heavy atom. The Labute approximate surface area is 128 Å². The fourth-order valence-corrected chi connectivity index (χ4v) is 4.39. The summed E-state index contributed by atoms with van der Waals surface area (Å²) in [6.07, 6.45) is 0. The van der Waals surface area contributed by atoms with Crippen molar-refractivity contribution in [3.63, 3.8) is 0 Å². The quantitative estimate of drug-likeness (QED) is 0.482. The Kier molecular flexibility index (Phi) is 3.61. The van der Waals surface area contributed by atoms with E-state index in [0.29, 0.717) is 5.39 Å². The first-order valence-corrected chi connectivity index (χ1v) is 7.90. The molecule has 0 N–H and O–H groups in total. The van der Waals surface area contributed by atoms with Crippen molar-refractivity contribution in [3.8, 4) is 0 Å². The zero-order valence-corrected chi connectivity index (χ0v) is 12.9. The topological polar surface area (TPSA) is 0 Å². The molecule has 2 aromatic carbocycles. The van der Waals surface area contributed by atoms with Crippen LogP contribution in [0, 0.1) is 5.82 Å². The van der Waals surface area contributed by atoms with Gasteiger partial charge in [-0.25, -0.2) is 4.39 Å². The fraction of sp³-hybridized carbons (Fsp3) is 0.0667. The third-order valence-corrected chi connectivity index (χ3v) is 5.73. The molecule has 0 spiro atoms. The Morgan fingerprint density at radius 1 is 1.05 bits per heavy atom. The zero-order chi connectivity index (χ0) is 13.4. The van der Waals surface area contributed by atoms with E-state index in [0.717, 1.165) is 20.8 Å². The second-order valence-electron chi connectivity index (χ2n) is 4.18. The van der Waals surface area contributed by atoms with E-state index < -0.39 is 0 Å². The monoisotopic (exact) mass is 354 g/mol. The molecule has 0 aliphatic heterocycles. The molecular weight excluding hydrogens is 347 g/mol. The molecule has 1 aromatic heterocycles. The van der Waals surface area contributed by atoms with Crippen LogP contribution in [-0.2, 0) is 0 Å². The average molecular weight is 356 g/mol. The molecule has 4 heteroatoms. The van der Waals surface area contributed by atoms with Crippen LogP contribution >= 0.6 is 38.9 Å². The van der Waals surface area contributed by atoms with Gasteiger partial charge in [-0.15, -0.1) is 11.3 Å². The number of alkyl halides is 1. The lowest BCUT2D eigenvalue weighted by atomic mass is 10.0. The molecular formula is C15H9BrClFS. The predicted molar refractivity (Wildman–Crippen MR) is 84.0 cm³/mol. The van der Waals surface area contributed by atoms with Gasteiger partial charge in [0.15, 0.2) is 0 Å². The van der Waals surface area contributed by atoms with E-state index in [-0.39, 0.29) is 10.6 Å². The van der Waals surface area contributed by atoms with Gasteiger partial charge in [-0.1, -0.05) is 57.9 Å². The summed E-state index contributed by atoms with van der Waals surface area (Å²) in [6.45, 7) is 0. The number of thiophene rings is 1. The molecule has 0 aliphatic rings. The second kappa shape index (κ2) is 5.23. The molecule has 3 rings (SSSR count). The first kappa shape index (κ1) is 13.1. The van der Waals surface area contributed by atoms with E-state index in [4.69, 9.17) is 11.6 Å². The van der Waals surface area contributed by atoms with E-state index in [2.05, 4.69) is 15.9 Å². The van der Waals surface area contributed by atoms with Crippen LogP contribution in [0.4, 0.5) is 4.39 Å². The van der Waals surface area contributed by atoms with E-state index >= 15 is 0 Å². The third kappa shape index (κ3) is 2.31. The molecule has 1 atom stereocenters. The van der Waals surface area contributed by atoms with Gasteiger partial charge < -0.3 is 0 Å². The van der Waals surface area contributed by atoms with E-state index in [1.165, 1.54) is 6.07 Å². The molecule has 3 aromatic rings. The molecule has 0 nitrogen and oxygen atoms in total. The fourth-order valence-electron chi connectivity index (χ4n) is 2.13. The van der Waals surface area contributed by atoms with Crippen LogP contribution in [0.15, 0.2) is 47.8 Å². The Balaban J connectivity index is 2.21. The Morgan fingerprint density at radius 2 is 1.79 bits per heavy atom. The van der Waals surface area contributed by atoms with Gasteiger partial charge in [-0.05, 0) is 28.5 Å². The summed E-state index contributed by atoms with van der Waals surface area (Å²) in [4.78, 5) is 1.02. The highest BCUT2D eigenvalue weighted by molar-refractivity contribution is 9.09. The maximum Gasteiger partial charge on any atom is 0.131 e. The molecule has 96 valence electrons. The van der Waals surface area contributed by atoms with Crippen LogP contribution in [-0.4, -0.2) is 0 Å². The normalized spacial score (nSPS) is 12.8. The molecule has 0 fully saturated rings. The number of rotatable bonds is 2. The summed E-state index contributed by atoms with van der Waals surface area (Å²) >= 11 is 11.4. The van der Waals surface area contributed by atoms with Crippen LogP contribution in [0.2, 0.25) is 5.02 Å². The third-order valence-electron chi connectivity index (χ3n) is 3.05. The van der Waals surface area contributed by atoms with Gasteiger partial charge in [-0.3, -0.25) is 0 Å². The Hall–Kier alpha value is -0.900. The number of halogens is 3. The van der Waals surface area contributed by atoms with Gasteiger partial charge in [0.05, 0.1) is 9.85 Å². The van der Waals surface area contributed by atoms with E-state index in [9.17, 15) is 4.39 Å². The largest absolute Gasteiger partial charge is 0.206 e. The van der Waals surface area contributed by atoms with Crippen LogP contribution in [0.25, 0.3) is 10.8 Å². The summed E-state index contributed by atoms with van der Waals surface area (Å²) in [6, 6.07) is 12.7. The SMILES string of the molecule is Fc1ccc(C(Br)c2sccc2Cl)c2ccccc12. The smallest absolute Gasteiger partial charge is 0.131 e. The van der Waals surface area contributed by atoms with Crippen molar-refractivity contribution in [2.45, 2.75) is 4.83 Å². The van der Waals surface area contributed by atoms with Crippen molar-refractivity contribution in [1.82, 2.24) is 0 Å². The minimum Gasteiger partial charge on any atom is -0.206 e. The second-order valence-corrected chi connectivity index (χ2v) is 6.45. The summed E-state index contributed by atoms with van der Waals surface area (Å²) in [5, 5.41) is 4.24. The molecule has 19 heavy (non-hydrogen) atoms. The van der Waals surface area contributed by atoms with Crippen molar-refractivity contribution in [1.29, 1.82) is 0 Å². The van der Waals surface area contributed by atoms with Crippen molar-refractivity contribution in [2.24, 2.45) is 0 Å². The number of benzene rings is 2. The summed E-state index contributed by atoms with van der Waals surface area (Å²) in [5.41, 5.74) is 1.03. The lowest BCUT2D eigenvalue weighted by Gasteiger charge is -2.13. The molecule has 0 saturated carbocycles. The Bertz CT molecular complexity index is 738. The van der Waals surface area contributed by atoms with Crippen molar-refractivity contribution >= 4 is 49.6 Å². The van der Waals surface area contributed by atoms with Crippen LogP contribution in [0.1, 0.15) is 15.3 Å². The van der Waals surface area contributed by atoms with Crippen molar-refractivity contribution in [3.05, 3.63) is 69.1 Å². The first-order chi connectivity index (χ1) is 9.18. The number of hydrogen-bond acceptors (Lipinski definition) is 1. The predicted octanol–water partition coefficient (Wildman–Crippen LogP) is 6.18. The molecule has 0 saturated heterocycles. The lowest BCUT2D eigenvalue weighted by Crippen LogP contribution is -1.93. The minimum atomic E-state index is -0.198. The van der Waals surface area contributed by atoms with Gasteiger partial charge in [-0.2, -0.15) is 0 Å². The minimum absolute atomic E-state index is 0.0227. The van der Waals surface area contributed by atoms with Gasteiger partial charge in [0, 0.05) is 10.3 Å². The van der Waals surface area contributed by atoms with Gasteiger partial charge in [0.2, 0.25) is 0 Å². The van der Waals surface area contributed by atoms with Gasteiger partial charge >= 0.3 is 0 Å². The average Bonchev–Trinajstić information content (AvgIpc) is 2.85. The molecule has 1 unspecified atom stereocenters. The number of fused-ring (bicyclic) bond motifs is 1. The highest BCUT2D eigenvalue weighted by Crippen LogP contribution is 2.41. The maximum atomic E-state index is 13.8. The van der Waals surface area contributed by atoms with Gasteiger partial charge in [0.25, 0.3) is 0 Å². The lowest BCUT2D eigenvalue weighted by molar-refractivity contribution is 0.639. The molecule has 1 heterocycles. The van der Waals surface area contributed by atoms with E-state index in [1.54, 1.807) is 17.4 Å². The van der Waals surface area contributed by atoms with Crippen LogP contribution in [0.3, 0.4) is 0 Å². The number of hydrogen-bond donors (Lipinski definition) is 0. The van der Waals surface area contributed by atoms with Crippen molar-refractivity contribution in [2.75, 3.05) is 0 Å².